The Balaban J connectivity index is 1.90. The lowest BCUT2D eigenvalue weighted by Crippen LogP contribution is -2.43. The van der Waals surface area contributed by atoms with Crippen LogP contribution in [-0.4, -0.2) is 49.8 Å². The number of nitrogens with zero attached hydrogens (tertiary/aromatic N) is 2. The molecule has 3 aromatic rings. The second-order valence-corrected chi connectivity index (χ2v) is 12.1. The minimum Gasteiger partial charge on any atom is -0.497 e. The number of aliphatic carboxylic acids is 1. The first kappa shape index (κ1) is 29.5. The van der Waals surface area contributed by atoms with E-state index in [4.69, 9.17) is 14.6 Å². The zero-order valence-corrected chi connectivity index (χ0v) is 24.5. The summed E-state index contributed by atoms with van der Waals surface area (Å²) < 4.78 is 41.6. The Hall–Kier alpha value is -3.47. The van der Waals surface area contributed by atoms with E-state index in [1.54, 1.807) is 11.4 Å². The highest BCUT2D eigenvalue weighted by molar-refractivity contribution is 7.98. The van der Waals surface area contributed by atoms with Gasteiger partial charge in [-0.3, -0.25) is 0 Å². The molecule has 1 N–H and O–H groups in total. The van der Waals surface area contributed by atoms with Gasteiger partial charge in [0.05, 0.1) is 30.0 Å². The van der Waals surface area contributed by atoms with Crippen LogP contribution in [0.25, 0.3) is 0 Å². The molecular weight excluding hydrogens is 548 g/mol. The van der Waals surface area contributed by atoms with Crippen LogP contribution >= 0.6 is 11.8 Å². The van der Waals surface area contributed by atoms with Gasteiger partial charge in [-0.2, -0.15) is 4.31 Å². The van der Waals surface area contributed by atoms with Gasteiger partial charge in [-0.05, 0) is 48.6 Å². The molecule has 0 radical (unpaired) electrons. The summed E-state index contributed by atoms with van der Waals surface area (Å²) in [7, 11) is -2.42. The second-order valence-electron chi connectivity index (χ2n) is 9.37. The SMILES string of the molecule is CCCCC1CN(c2ccccc2)c2cc(SC)c(O/C=C/C(=O)O)cc2S(=O)(=O)N1Cc1ccc(OC)cc1. The summed E-state index contributed by atoms with van der Waals surface area (Å²) in [5.74, 6) is -0.184. The molecule has 3 aromatic carbocycles. The summed E-state index contributed by atoms with van der Waals surface area (Å²) in [6.07, 6.45) is 6.31. The standard InChI is InChI=1S/C30H34N2O6S2/c1-4-5-9-24-21-31(23-10-7-6-8-11-23)26-18-28(39-3)27(38-17-16-30(33)34)19-29(26)40(35,36)32(24)20-22-12-14-25(37-2)15-13-22/h6-8,10-19,24H,4-5,9,20-21H2,1-3H3,(H,33,34)/b17-16+. The first-order valence-electron chi connectivity index (χ1n) is 13.0. The number of carboxylic acids is 1. The van der Waals surface area contributed by atoms with Crippen molar-refractivity contribution in [2.24, 2.45) is 0 Å². The highest BCUT2D eigenvalue weighted by atomic mass is 32.2. The average molecular weight is 583 g/mol. The fourth-order valence-electron chi connectivity index (χ4n) is 4.74. The highest BCUT2D eigenvalue weighted by Crippen LogP contribution is 2.44. The molecule has 1 aliphatic rings. The maximum atomic E-state index is 14.5. The number of benzene rings is 3. The van der Waals surface area contributed by atoms with E-state index in [1.165, 1.54) is 17.8 Å². The molecule has 0 bridgehead atoms. The van der Waals surface area contributed by atoms with Gasteiger partial charge in [0.1, 0.15) is 16.4 Å². The Bertz CT molecular complexity index is 1440. The third kappa shape index (κ3) is 6.63. The number of rotatable bonds is 11. The fraction of sp³-hybridized carbons (Fsp3) is 0.300. The number of para-hydroxylation sites is 1. The highest BCUT2D eigenvalue weighted by Gasteiger charge is 2.39. The van der Waals surface area contributed by atoms with Crippen molar-refractivity contribution in [2.75, 3.05) is 24.8 Å². The van der Waals surface area contributed by atoms with Crippen LogP contribution in [0, 0.1) is 0 Å². The van der Waals surface area contributed by atoms with E-state index >= 15 is 0 Å². The van der Waals surface area contributed by atoms with Gasteiger partial charge >= 0.3 is 5.97 Å². The number of carboxylic acid groups (broad SMARTS) is 1. The van der Waals surface area contributed by atoms with Crippen LogP contribution in [0.15, 0.2) is 88.9 Å². The molecule has 0 saturated heterocycles. The molecule has 0 fully saturated rings. The van der Waals surface area contributed by atoms with Crippen LogP contribution in [0.4, 0.5) is 11.4 Å². The van der Waals surface area contributed by atoms with Gasteiger partial charge in [0, 0.05) is 30.9 Å². The molecule has 1 heterocycles. The van der Waals surface area contributed by atoms with Crippen LogP contribution in [0.3, 0.4) is 0 Å². The molecule has 1 aliphatic heterocycles. The molecule has 8 nitrogen and oxygen atoms in total. The average Bonchev–Trinajstić information content (AvgIpc) is 3.04. The third-order valence-corrected chi connectivity index (χ3v) is 9.47. The number of fused-ring (bicyclic) bond motifs is 1. The van der Waals surface area contributed by atoms with Crippen molar-refractivity contribution < 1.29 is 27.8 Å². The summed E-state index contributed by atoms with van der Waals surface area (Å²) in [4.78, 5) is 13.9. The minimum absolute atomic E-state index is 0.111. The number of hydrogen-bond donors (Lipinski definition) is 1. The fourth-order valence-corrected chi connectivity index (χ4v) is 7.10. The third-order valence-electron chi connectivity index (χ3n) is 6.79. The van der Waals surface area contributed by atoms with Gasteiger partial charge in [-0.15, -0.1) is 11.8 Å². The maximum Gasteiger partial charge on any atom is 0.331 e. The summed E-state index contributed by atoms with van der Waals surface area (Å²) >= 11 is 1.40. The topological polar surface area (TPSA) is 96.4 Å². The zero-order valence-electron chi connectivity index (χ0n) is 22.8. The van der Waals surface area contributed by atoms with Gasteiger partial charge in [0.25, 0.3) is 0 Å². The Morgan fingerprint density at radius 3 is 2.48 bits per heavy atom. The monoisotopic (exact) mass is 582 g/mol. The molecule has 40 heavy (non-hydrogen) atoms. The van der Waals surface area contributed by atoms with E-state index in [1.807, 2.05) is 66.9 Å². The molecule has 4 rings (SSSR count). The summed E-state index contributed by atoms with van der Waals surface area (Å²) in [6.45, 7) is 2.77. The molecular formula is C30H34N2O6S2. The van der Waals surface area contributed by atoms with Gasteiger partial charge in [0.15, 0.2) is 0 Å². The zero-order chi connectivity index (χ0) is 28.7. The molecule has 0 aromatic heterocycles. The molecule has 10 heteroatoms. The summed E-state index contributed by atoms with van der Waals surface area (Å²) in [6, 6.07) is 20.2. The van der Waals surface area contributed by atoms with Crippen molar-refractivity contribution >= 4 is 39.1 Å². The van der Waals surface area contributed by atoms with Crippen LogP contribution < -0.4 is 14.4 Å². The van der Waals surface area contributed by atoms with Crippen LogP contribution in [0.5, 0.6) is 11.5 Å². The van der Waals surface area contributed by atoms with Gasteiger partial charge in [-0.1, -0.05) is 50.1 Å². The minimum atomic E-state index is -4.01. The predicted octanol–water partition coefficient (Wildman–Crippen LogP) is 6.30. The van der Waals surface area contributed by atoms with Crippen LogP contribution in [0.1, 0.15) is 31.7 Å². The lowest BCUT2D eigenvalue weighted by atomic mass is 10.1. The number of thioether (sulfide) groups is 1. The first-order valence-corrected chi connectivity index (χ1v) is 15.7. The first-order chi connectivity index (χ1) is 19.3. The predicted molar refractivity (Wildman–Crippen MR) is 158 cm³/mol. The van der Waals surface area contributed by atoms with Crippen molar-refractivity contribution in [3.05, 3.63) is 84.6 Å². The second kappa shape index (κ2) is 13.3. The van der Waals surface area contributed by atoms with Crippen molar-refractivity contribution in [3.63, 3.8) is 0 Å². The van der Waals surface area contributed by atoms with Gasteiger partial charge in [0.2, 0.25) is 10.0 Å². The Morgan fingerprint density at radius 1 is 1.12 bits per heavy atom. The summed E-state index contributed by atoms with van der Waals surface area (Å²) in [5, 5.41) is 9.01. The lowest BCUT2D eigenvalue weighted by Gasteiger charge is -2.31. The van der Waals surface area contributed by atoms with E-state index in [0.29, 0.717) is 29.3 Å². The number of unbranched alkanes of at least 4 members (excludes halogenated alkanes) is 1. The van der Waals surface area contributed by atoms with Crippen LogP contribution in [0.2, 0.25) is 0 Å². The van der Waals surface area contributed by atoms with E-state index in [9.17, 15) is 13.2 Å². The van der Waals surface area contributed by atoms with E-state index in [2.05, 4.69) is 11.8 Å². The Kier molecular flexibility index (Phi) is 9.78. The Morgan fingerprint density at radius 2 is 1.85 bits per heavy atom. The molecule has 0 spiro atoms. The number of carbonyl (C=O) groups is 1. The summed E-state index contributed by atoms with van der Waals surface area (Å²) in [5.41, 5.74) is 2.30. The number of ether oxygens (including phenoxy) is 2. The van der Waals surface area contributed by atoms with Crippen molar-refractivity contribution in [1.82, 2.24) is 4.31 Å². The van der Waals surface area contributed by atoms with Crippen molar-refractivity contribution in [2.45, 2.75) is 48.6 Å². The molecule has 212 valence electrons. The number of sulfonamides is 1. The van der Waals surface area contributed by atoms with Gasteiger partial charge in [-0.25, -0.2) is 13.2 Å². The molecule has 0 saturated carbocycles. The molecule has 1 atom stereocenters. The van der Waals surface area contributed by atoms with E-state index in [-0.39, 0.29) is 23.2 Å². The number of hydrogen-bond acceptors (Lipinski definition) is 7. The van der Waals surface area contributed by atoms with Crippen molar-refractivity contribution in [1.29, 1.82) is 0 Å². The quantitative estimate of drug-likeness (QED) is 0.160. The van der Waals surface area contributed by atoms with Crippen molar-refractivity contribution in [3.8, 4) is 11.5 Å². The smallest absolute Gasteiger partial charge is 0.331 e. The maximum absolute atomic E-state index is 14.5. The van der Waals surface area contributed by atoms with E-state index < -0.39 is 16.0 Å². The molecule has 1 unspecified atom stereocenters. The van der Waals surface area contributed by atoms with Gasteiger partial charge < -0.3 is 19.5 Å². The number of anilines is 2. The molecule has 0 aliphatic carbocycles. The largest absolute Gasteiger partial charge is 0.497 e. The van der Waals surface area contributed by atoms with Crippen LogP contribution in [-0.2, 0) is 21.4 Å². The number of methoxy groups -OCH3 is 1. The van der Waals surface area contributed by atoms with E-state index in [0.717, 1.165) is 36.4 Å². The normalized spacial score (nSPS) is 16.9. The molecule has 0 amide bonds. The lowest BCUT2D eigenvalue weighted by molar-refractivity contribution is -0.131. The Labute approximate surface area is 240 Å².